The SMILES string of the molecule is CC.CCCCCCCC1(CC[C@@H]2[C@@H](C/C=C\CCCCCCCC(=O)O)[C@@H](O)C[C@H]2O)OCCO1. The predicted molar refractivity (Wildman–Crippen MR) is 146 cm³/mol. The molecule has 0 aromatic rings. The van der Waals surface area contributed by atoms with Gasteiger partial charge in [-0.05, 0) is 56.8 Å². The van der Waals surface area contributed by atoms with Crippen LogP contribution in [0.3, 0.4) is 0 Å². The molecular formula is C30H56O6. The van der Waals surface area contributed by atoms with E-state index in [1.54, 1.807) is 0 Å². The van der Waals surface area contributed by atoms with Crippen molar-refractivity contribution in [2.75, 3.05) is 13.2 Å². The zero-order chi connectivity index (χ0) is 26.7. The van der Waals surface area contributed by atoms with Gasteiger partial charge in [0, 0.05) is 19.3 Å². The molecule has 0 aromatic heterocycles. The fraction of sp³-hybridized carbons (Fsp3) is 0.900. The van der Waals surface area contributed by atoms with Crippen molar-refractivity contribution < 1.29 is 29.6 Å². The van der Waals surface area contributed by atoms with Crippen LogP contribution < -0.4 is 0 Å². The third-order valence-corrected chi connectivity index (χ3v) is 7.69. The Balaban J connectivity index is 0.00000316. The van der Waals surface area contributed by atoms with Gasteiger partial charge in [-0.1, -0.05) is 77.9 Å². The zero-order valence-electron chi connectivity index (χ0n) is 23.5. The number of unbranched alkanes of at least 4 members (excludes halogenated alkanes) is 9. The van der Waals surface area contributed by atoms with Crippen molar-refractivity contribution in [3.05, 3.63) is 12.2 Å². The van der Waals surface area contributed by atoms with Crippen molar-refractivity contribution in [2.45, 2.75) is 148 Å². The van der Waals surface area contributed by atoms with Crippen LogP contribution in [0.15, 0.2) is 12.2 Å². The minimum Gasteiger partial charge on any atom is -0.481 e. The quantitative estimate of drug-likeness (QED) is 0.127. The molecule has 212 valence electrons. The summed E-state index contributed by atoms with van der Waals surface area (Å²) >= 11 is 0. The Bertz CT molecular complexity index is 572. The molecule has 0 amide bonds. The molecule has 2 aliphatic rings. The number of carboxylic acids is 1. The zero-order valence-corrected chi connectivity index (χ0v) is 23.5. The van der Waals surface area contributed by atoms with E-state index in [-0.39, 0.29) is 18.3 Å². The first-order valence-corrected chi connectivity index (χ1v) is 15.0. The summed E-state index contributed by atoms with van der Waals surface area (Å²) in [4.78, 5) is 10.5. The fourth-order valence-corrected chi connectivity index (χ4v) is 5.64. The van der Waals surface area contributed by atoms with E-state index in [0.29, 0.717) is 19.6 Å². The van der Waals surface area contributed by atoms with E-state index in [1.165, 1.54) is 25.7 Å². The lowest BCUT2D eigenvalue weighted by Gasteiger charge is -2.31. The molecule has 2 rings (SSSR count). The highest BCUT2D eigenvalue weighted by atomic mass is 16.7. The number of ether oxygens (including phenoxy) is 2. The average Bonchev–Trinajstić information content (AvgIpc) is 3.43. The molecule has 1 aliphatic heterocycles. The lowest BCUT2D eigenvalue weighted by molar-refractivity contribution is -0.171. The molecule has 2 fully saturated rings. The molecule has 1 heterocycles. The van der Waals surface area contributed by atoms with Crippen molar-refractivity contribution >= 4 is 5.97 Å². The number of hydrogen-bond donors (Lipinski definition) is 3. The molecule has 6 heteroatoms. The van der Waals surface area contributed by atoms with Crippen LogP contribution in [0.5, 0.6) is 0 Å². The number of aliphatic hydroxyl groups excluding tert-OH is 2. The van der Waals surface area contributed by atoms with Gasteiger partial charge in [0.25, 0.3) is 0 Å². The van der Waals surface area contributed by atoms with Crippen molar-refractivity contribution in [3.8, 4) is 0 Å². The van der Waals surface area contributed by atoms with Crippen LogP contribution >= 0.6 is 0 Å². The van der Waals surface area contributed by atoms with E-state index in [0.717, 1.165) is 70.6 Å². The standard InChI is InChI=1S/C28H50O6.C2H6/c1-2-3-4-11-14-18-28(33-20-21-34-28)19-17-24-23(25(29)22-26(24)30)15-12-9-7-5-6-8-10-13-16-27(31)32;1-2/h9,12,23-26,29-30H,2-8,10-11,13-22H2,1H3,(H,31,32);1-2H3/b12-9-;/t23-,24-,25+,26-;/m1./s1. The Morgan fingerprint density at radius 2 is 1.44 bits per heavy atom. The molecule has 0 spiro atoms. The van der Waals surface area contributed by atoms with Gasteiger partial charge in [-0.25, -0.2) is 0 Å². The van der Waals surface area contributed by atoms with Crippen molar-refractivity contribution in [2.24, 2.45) is 11.8 Å². The van der Waals surface area contributed by atoms with Crippen LogP contribution in [-0.4, -0.2) is 52.5 Å². The Labute approximate surface area is 220 Å². The fourth-order valence-electron chi connectivity index (χ4n) is 5.64. The molecule has 1 aliphatic carbocycles. The minimum atomic E-state index is -0.707. The molecule has 0 radical (unpaired) electrons. The second-order valence-electron chi connectivity index (χ2n) is 10.4. The third-order valence-electron chi connectivity index (χ3n) is 7.69. The van der Waals surface area contributed by atoms with E-state index < -0.39 is 24.0 Å². The van der Waals surface area contributed by atoms with Gasteiger partial charge < -0.3 is 24.8 Å². The number of allylic oxidation sites excluding steroid dienone is 2. The number of aliphatic carboxylic acids is 1. The van der Waals surface area contributed by atoms with Crippen LogP contribution in [-0.2, 0) is 14.3 Å². The van der Waals surface area contributed by atoms with Crippen molar-refractivity contribution in [3.63, 3.8) is 0 Å². The predicted octanol–water partition coefficient (Wildman–Crippen LogP) is 7.02. The van der Waals surface area contributed by atoms with Gasteiger partial charge in [-0.3, -0.25) is 4.79 Å². The molecule has 36 heavy (non-hydrogen) atoms. The number of carboxylic acid groups (broad SMARTS) is 1. The number of carbonyl (C=O) groups is 1. The van der Waals surface area contributed by atoms with E-state index in [4.69, 9.17) is 14.6 Å². The number of rotatable bonds is 19. The second kappa shape index (κ2) is 20.1. The minimum absolute atomic E-state index is 0.0821. The van der Waals surface area contributed by atoms with Gasteiger partial charge >= 0.3 is 5.97 Å². The van der Waals surface area contributed by atoms with Crippen LogP contribution in [0.2, 0.25) is 0 Å². The summed E-state index contributed by atoms with van der Waals surface area (Å²) in [6.07, 6.45) is 19.7. The Kier molecular flexibility index (Phi) is 18.4. The van der Waals surface area contributed by atoms with Gasteiger partial charge in [0.1, 0.15) is 0 Å². The molecule has 6 nitrogen and oxygen atoms in total. The van der Waals surface area contributed by atoms with Crippen molar-refractivity contribution in [1.82, 2.24) is 0 Å². The molecular weight excluding hydrogens is 456 g/mol. The van der Waals surface area contributed by atoms with Gasteiger partial charge in [0.15, 0.2) is 5.79 Å². The largest absolute Gasteiger partial charge is 0.481 e. The summed E-state index contributed by atoms with van der Waals surface area (Å²) < 4.78 is 12.1. The summed E-state index contributed by atoms with van der Waals surface area (Å²) in [5, 5.41) is 29.9. The van der Waals surface area contributed by atoms with Crippen LogP contribution in [0.4, 0.5) is 0 Å². The van der Waals surface area contributed by atoms with Gasteiger partial charge in [0.2, 0.25) is 0 Å². The van der Waals surface area contributed by atoms with Crippen molar-refractivity contribution in [1.29, 1.82) is 0 Å². The average molecular weight is 513 g/mol. The number of aliphatic hydroxyl groups is 2. The highest BCUT2D eigenvalue weighted by Gasteiger charge is 2.43. The van der Waals surface area contributed by atoms with E-state index in [1.807, 2.05) is 13.8 Å². The summed E-state index contributed by atoms with van der Waals surface area (Å²) in [6, 6.07) is 0. The van der Waals surface area contributed by atoms with Crippen LogP contribution in [0.1, 0.15) is 130 Å². The molecule has 0 aromatic carbocycles. The maximum Gasteiger partial charge on any atom is 0.303 e. The molecule has 4 atom stereocenters. The Hall–Kier alpha value is -0.950. The monoisotopic (exact) mass is 512 g/mol. The summed E-state index contributed by atoms with van der Waals surface area (Å²) in [7, 11) is 0. The van der Waals surface area contributed by atoms with Gasteiger partial charge in [-0.15, -0.1) is 0 Å². The lowest BCUT2D eigenvalue weighted by Crippen LogP contribution is -2.33. The topological polar surface area (TPSA) is 96.2 Å². The third kappa shape index (κ3) is 13.0. The van der Waals surface area contributed by atoms with E-state index >= 15 is 0 Å². The van der Waals surface area contributed by atoms with Crippen LogP contribution in [0, 0.1) is 11.8 Å². The van der Waals surface area contributed by atoms with Gasteiger partial charge in [-0.2, -0.15) is 0 Å². The summed E-state index contributed by atoms with van der Waals surface area (Å²) in [5.41, 5.74) is 0. The summed E-state index contributed by atoms with van der Waals surface area (Å²) in [6.45, 7) is 7.53. The molecule has 1 saturated heterocycles. The lowest BCUT2D eigenvalue weighted by atomic mass is 9.85. The smallest absolute Gasteiger partial charge is 0.303 e. The maximum absolute atomic E-state index is 10.6. The first-order chi connectivity index (χ1) is 17.5. The highest BCUT2D eigenvalue weighted by molar-refractivity contribution is 5.66. The Morgan fingerprint density at radius 1 is 0.833 bits per heavy atom. The molecule has 0 unspecified atom stereocenters. The number of hydrogen-bond acceptors (Lipinski definition) is 5. The molecule has 3 N–H and O–H groups in total. The van der Waals surface area contributed by atoms with Gasteiger partial charge in [0.05, 0.1) is 25.4 Å². The summed E-state index contributed by atoms with van der Waals surface area (Å²) in [5.74, 6) is -1.03. The molecule has 1 saturated carbocycles. The highest BCUT2D eigenvalue weighted by Crippen LogP contribution is 2.41. The van der Waals surface area contributed by atoms with E-state index in [9.17, 15) is 15.0 Å². The normalized spacial score (nSPS) is 25.2. The first-order valence-electron chi connectivity index (χ1n) is 15.0. The van der Waals surface area contributed by atoms with Crippen LogP contribution in [0.25, 0.3) is 0 Å². The second-order valence-corrected chi connectivity index (χ2v) is 10.4. The molecule has 0 bridgehead atoms. The maximum atomic E-state index is 10.6. The Morgan fingerprint density at radius 3 is 2.14 bits per heavy atom. The first kappa shape index (κ1) is 33.1. The van der Waals surface area contributed by atoms with E-state index in [2.05, 4.69) is 19.1 Å².